The monoisotopic (exact) mass is 414 g/mol. The molecule has 0 bridgehead atoms. The van der Waals surface area contributed by atoms with E-state index in [0.717, 1.165) is 18.2 Å². The van der Waals surface area contributed by atoms with Crippen LogP contribution in [-0.4, -0.2) is 41.0 Å². The summed E-state index contributed by atoms with van der Waals surface area (Å²) in [5, 5.41) is 9.19. The molecule has 0 spiro atoms. The molecule has 2 aromatic heterocycles. The second-order valence-electron chi connectivity index (χ2n) is 8.80. The molecular weight excluding hydrogens is 388 g/mol. The van der Waals surface area contributed by atoms with Gasteiger partial charge < -0.3 is 4.42 Å². The second kappa shape index (κ2) is 7.50. The fourth-order valence-corrected chi connectivity index (χ4v) is 5.43. The predicted molar refractivity (Wildman–Crippen MR) is 110 cm³/mol. The van der Waals surface area contributed by atoms with Crippen LogP contribution in [0.15, 0.2) is 45.8 Å². The van der Waals surface area contributed by atoms with Gasteiger partial charge in [0.25, 0.3) is 0 Å². The van der Waals surface area contributed by atoms with Crippen molar-refractivity contribution in [3.8, 4) is 0 Å². The third-order valence-electron chi connectivity index (χ3n) is 5.11. The zero-order valence-corrected chi connectivity index (χ0v) is 17.8. The Labute approximate surface area is 171 Å². The van der Waals surface area contributed by atoms with Gasteiger partial charge in [0.1, 0.15) is 4.90 Å². The van der Waals surface area contributed by atoms with Crippen LogP contribution >= 0.6 is 0 Å². The maximum absolute atomic E-state index is 13.4. The van der Waals surface area contributed by atoms with E-state index in [1.54, 1.807) is 24.4 Å². The molecule has 0 amide bonds. The van der Waals surface area contributed by atoms with Gasteiger partial charge >= 0.3 is 0 Å². The average Bonchev–Trinajstić information content (AvgIpc) is 3.14. The van der Waals surface area contributed by atoms with E-state index in [1.165, 1.54) is 4.31 Å². The van der Waals surface area contributed by atoms with E-state index in [4.69, 9.17) is 4.42 Å². The number of para-hydroxylation sites is 1. The van der Waals surface area contributed by atoms with E-state index in [2.05, 4.69) is 36.0 Å². The highest BCUT2D eigenvalue weighted by atomic mass is 32.2. The van der Waals surface area contributed by atoms with Crippen LogP contribution in [0.1, 0.15) is 51.3 Å². The van der Waals surface area contributed by atoms with Crippen molar-refractivity contribution in [2.75, 3.05) is 13.1 Å². The third kappa shape index (κ3) is 4.18. The van der Waals surface area contributed by atoms with Crippen LogP contribution in [0.3, 0.4) is 0 Å². The Bertz CT molecular complexity index is 1110. The molecule has 3 heterocycles. The Hall–Kier alpha value is -2.32. The molecular formula is C21H26N4O3S. The van der Waals surface area contributed by atoms with Gasteiger partial charge in [0.2, 0.25) is 21.8 Å². The lowest BCUT2D eigenvalue weighted by molar-refractivity contribution is 0.274. The number of benzene rings is 1. The number of nitrogens with zero attached hydrogens (tertiary/aromatic N) is 4. The highest BCUT2D eigenvalue weighted by Gasteiger charge is 2.34. The topological polar surface area (TPSA) is 89.2 Å². The SMILES string of the molecule is CC(C)(C)Cc1nnc(C2CCCN(S(=O)(=O)c3cccc4cccnc34)C2)o1. The first-order valence-electron chi connectivity index (χ1n) is 9.90. The van der Waals surface area contributed by atoms with Crippen molar-refractivity contribution in [3.05, 3.63) is 48.3 Å². The molecule has 154 valence electrons. The Morgan fingerprint density at radius 1 is 1.17 bits per heavy atom. The molecule has 0 radical (unpaired) electrons. The first-order chi connectivity index (χ1) is 13.7. The third-order valence-corrected chi connectivity index (χ3v) is 7.01. The minimum Gasteiger partial charge on any atom is -0.425 e. The van der Waals surface area contributed by atoms with Crippen molar-refractivity contribution < 1.29 is 12.8 Å². The van der Waals surface area contributed by atoms with Gasteiger partial charge in [-0.3, -0.25) is 4.98 Å². The summed E-state index contributed by atoms with van der Waals surface area (Å²) in [6.07, 6.45) is 3.89. The Balaban J connectivity index is 1.59. The molecule has 8 heteroatoms. The maximum atomic E-state index is 13.4. The van der Waals surface area contributed by atoms with Crippen LogP contribution in [0.5, 0.6) is 0 Å². The molecule has 1 atom stereocenters. The minimum atomic E-state index is -3.67. The number of piperidine rings is 1. The highest BCUT2D eigenvalue weighted by Crippen LogP contribution is 2.32. The van der Waals surface area contributed by atoms with Gasteiger partial charge in [-0.25, -0.2) is 8.42 Å². The summed E-state index contributed by atoms with van der Waals surface area (Å²) in [5.41, 5.74) is 0.551. The number of rotatable bonds is 4. The van der Waals surface area contributed by atoms with Gasteiger partial charge in [0.15, 0.2) is 0 Å². The van der Waals surface area contributed by atoms with Gasteiger partial charge in [-0.15, -0.1) is 10.2 Å². The van der Waals surface area contributed by atoms with Crippen LogP contribution in [0, 0.1) is 5.41 Å². The van der Waals surface area contributed by atoms with Crippen molar-refractivity contribution in [1.29, 1.82) is 0 Å². The number of pyridine rings is 1. The van der Waals surface area contributed by atoms with Crippen LogP contribution in [0.4, 0.5) is 0 Å². The van der Waals surface area contributed by atoms with E-state index in [-0.39, 0.29) is 16.2 Å². The van der Waals surface area contributed by atoms with Gasteiger partial charge in [-0.2, -0.15) is 4.31 Å². The van der Waals surface area contributed by atoms with Crippen molar-refractivity contribution in [3.63, 3.8) is 0 Å². The summed E-state index contributed by atoms with van der Waals surface area (Å²) in [6.45, 7) is 7.16. The zero-order valence-electron chi connectivity index (χ0n) is 17.0. The van der Waals surface area contributed by atoms with E-state index >= 15 is 0 Å². The number of aromatic nitrogens is 3. The van der Waals surface area contributed by atoms with Gasteiger partial charge in [-0.05, 0) is 30.4 Å². The first-order valence-corrected chi connectivity index (χ1v) is 11.3. The smallest absolute Gasteiger partial charge is 0.245 e. The standard InChI is InChI=1S/C21H26N4O3S/c1-21(2,3)13-18-23-24-20(28-18)16-9-6-12-25(14-16)29(26,27)17-10-4-7-15-8-5-11-22-19(15)17/h4-5,7-8,10-11,16H,6,9,12-14H2,1-3H3. The number of hydrogen-bond donors (Lipinski definition) is 0. The molecule has 1 aliphatic rings. The van der Waals surface area contributed by atoms with Gasteiger partial charge in [-0.1, -0.05) is 39.0 Å². The minimum absolute atomic E-state index is 0.0487. The summed E-state index contributed by atoms with van der Waals surface area (Å²) in [4.78, 5) is 4.56. The van der Waals surface area contributed by atoms with Crippen molar-refractivity contribution >= 4 is 20.9 Å². The fourth-order valence-electron chi connectivity index (χ4n) is 3.74. The lowest BCUT2D eigenvalue weighted by atomic mass is 9.92. The Morgan fingerprint density at radius 3 is 2.76 bits per heavy atom. The predicted octanol–water partition coefficient (Wildman–Crippen LogP) is 3.77. The van der Waals surface area contributed by atoms with Gasteiger partial charge in [0.05, 0.1) is 11.4 Å². The molecule has 4 rings (SSSR count). The molecule has 0 aliphatic carbocycles. The van der Waals surface area contributed by atoms with E-state index in [0.29, 0.717) is 36.8 Å². The molecule has 1 saturated heterocycles. The second-order valence-corrected chi connectivity index (χ2v) is 10.7. The van der Waals surface area contributed by atoms with Crippen molar-refractivity contribution in [2.24, 2.45) is 5.41 Å². The van der Waals surface area contributed by atoms with Crippen molar-refractivity contribution in [2.45, 2.75) is 50.8 Å². The Morgan fingerprint density at radius 2 is 1.97 bits per heavy atom. The van der Waals surface area contributed by atoms with Crippen LogP contribution in [0.2, 0.25) is 0 Å². The van der Waals surface area contributed by atoms with Crippen LogP contribution < -0.4 is 0 Å². The molecule has 1 aliphatic heterocycles. The summed E-state index contributed by atoms with van der Waals surface area (Å²) in [6, 6.07) is 8.93. The molecule has 29 heavy (non-hydrogen) atoms. The number of fused-ring (bicyclic) bond motifs is 1. The van der Waals surface area contributed by atoms with Gasteiger partial charge in [0, 0.05) is 31.1 Å². The Kier molecular flexibility index (Phi) is 5.16. The summed E-state index contributed by atoms with van der Waals surface area (Å²) in [7, 11) is -3.67. The first kappa shape index (κ1) is 20.0. The zero-order chi connectivity index (χ0) is 20.6. The number of hydrogen-bond acceptors (Lipinski definition) is 6. The molecule has 1 aromatic carbocycles. The van der Waals surface area contributed by atoms with E-state index in [1.807, 2.05) is 12.1 Å². The lowest BCUT2D eigenvalue weighted by Gasteiger charge is -2.30. The lowest BCUT2D eigenvalue weighted by Crippen LogP contribution is -2.39. The summed E-state index contributed by atoms with van der Waals surface area (Å²) < 4.78 is 34.2. The normalized spacial score (nSPS) is 18.9. The summed E-state index contributed by atoms with van der Waals surface area (Å²) >= 11 is 0. The van der Waals surface area contributed by atoms with Crippen molar-refractivity contribution in [1.82, 2.24) is 19.5 Å². The maximum Gasteiger partial charge on any atom is 0.245 e. The molecule has 3 aromatic rings. The quantitative estimate of drug-likeness (QED) is 0.645. The van der Waals surface area contributed by atoms with E-state index in [9.17, 15) is 8.42 Å². The molecule has 7 nitrogen and oxygen atoms in total. The largest absolute Gasteiger partial charge is 0.425 e. The average molecular weight is 415 g/mol. The molecule has 1 fully saturated rings. The fraction of sp³-hybridized carbons (Fsp3) is 0.476. The molecule has 0 N–H and O–H groups in total. The van der Waals surface area contributed by atoms with Crippen LogP contribution in [0.25, 0.3) is 10.9 Å². The summed E-state index contributed by atoms with van der Waals surface area (Å²) in [5.74, 6) is 1.04. The van der Waals surface area contributed by atoms with Crippen LogP contribution in [-0.2, 0) is 16.4 Å². The molecule has 0 saturated carbocycles. The highest BCUT2D eigenvalue weighted by molar-refractivity contribution is 7.89. The molecule has 1 unspecified atom stereocenters. The van der Waals surface area contributed by atoms with E-state index < -0.39 is 10.0 Å². The number of sulfonamides is 1.